The average molecular weight is 446 g/mol. The first-order valence-corrected chi connectivity index (χ1v) is 10.1. The predicted molar refractivity (Wildman–Crippen MR) is 117 cm³/mol. The van der Waals surface area contributed by atoms with E-state index >= 15 is 0 Å². The molecule has 0 saturated heterocycles. The smallest absolute Gasteiger partial charge is 0.338 e. The van der Waals surface area contributed by atoms with Gasteiger partial charge in [-0.1, -0.05) is 30.3 Å². The van der Waals surface area contributed by atoms with Gasteiger partial charge in [-0.15, -0.1) is 0 Å². The maximum atomic E-state index is 13.2. The van der Waals surface area contributed by atoms with Crippen LogP contribution in [-0.4, -0.2) is 34.7 Å². The van der Waals surface area contributed by atoms with Crippen LogP contribution in [-0.2, 0) is 16.1 Å². The number of imide groups is 1. The molecule has 0 bridgehead atoms. The number of amides is 3. The van der Waals surface area contributed by atoms with E-state index in [1.165, 1.54) is 37.3 Å². The van der Waals surface area contributed by atoms with Crippen molar-refractivity contribution >= 4 is 29.4 Å². The first kappa shape index (κ1) is 21.9. The maximum Gasteiger partial charge on any atom is 0.338 e. The average Bonchev–Trinajstić information content (AvgIpc) is 3.04. The van der Waals surface area contributed by atoms with Crippen molar-refractivity contribution in [2.24, 2.45) is 0 Å². The van der Waals surface area contributed by atoms with Gasteiger partial charge in [0.05, 0.1) is 23.2 Å². The SMILES string of the molecule is CC(OC(=O)c1ccc(CN2C(=O)c3ccccc3C2=O)cc1)C(=O)Nc1cccc(F)c1. The Morgan fingerprint density at radius 2 is 1.58 bits per heavy atom. The number of nitrogens with one attached hydrogen (secondary N) is 1. The molecule has 1 aliphatic heterocycles. The highest BCUT2D eigenvalue weighted by molar-refractivity contribution is 6.21. The van der Waals surface area contributed by atoms with E-state index in [9.17, 15) is 23.6 Å². The zero-order valence-electron chi connectivity index (χ0n) is 17.6. The van der Waals surface area contributed by atoms with E-state index in [2.05, 4.69) is 5.32 Å². The lowest BCUT2D eigenvalue weighted by Crippen LogP contribution is -2.30. The fraction of sp³-hybridized carbons (Fsp3) is 0.120. The summed E-state index contributed by atoms with van der Waals surface area (Å²) in [5.41, 5.74) is 1.84. The van der Waals surface area contributed by atoms with E-state index in [-0.39, 0.29) is 29.6 Å². The molecule has 1 heterocycles. The largest absolute Gasteiger partial charge is 0.449 e. The number of rotatable bonds is 6. The fourth-order valence-electron chi connectivity index (χ4n) is 3.40. The summed E-state index contributed by atoms with van der Waals surface area (Å²) < 4.78 is 18.4. The third-order valence-corrected chi connectivity index (χ3v) is 5.15. The first-order chi connectivity index (χ1) is 15.8. The molecule has 0 aliphatic carbocycles. The summed E-state index contributed by atoms with van der Waals surface area (Å²) in [5.74, 6) is -2.55. The van der Waals surface area contributed by atoms with E-state index in [1.807, 2.05) is 0 Å². The second kappa shape index (κ2) is 9.04. The lowest BCUT2D eigenvalue weighted by atomic mass is 10.1. The van der Waals surface area contributed by atoms with Crippen LogP contribution in [0.5, 0.6) is 0 Å². The minimum atomic E-state index is -1.11. The molecule has 4 rings (SSSR count). The standard InChI is InChI=1S/C25H19FN2O5/c1-15(22(29)27-19-6-4-5-18(26)13-19)33-25(32)17-11-9-16(10-12-17)14-28-23(30)20-7-2-3-8-21(20)24(28)31/h2-13,15H,14H2,1H3,(H,27,29). The van der Waals surface area contributed by atoms with Crippen molar-refractivity contribution in [1.82, 2.24) is 4.90 Å². The quantitative estimate of drug-likeness (QED) is 0.459. The Labute approximate surface area is 188 Å². The third-order valence-electron chi connectivity index (χ3n) is 5.15. The summed E-state index contributed by atoms with van der Waals surface area (Å²) in [7, 11) is 0. The molecule has 0 aromatic heterocycles. The minimum absolute atomic E-state index is 0.0636. The van der Waals surface area contributed by atoms with Crippen molar-refractivity contribution in [3.8, 4) is 0 Å². The Hall–Kier alpha value is -4.33. The number of carbonyl (C=O) groups is 4. The molecule has 3 amide bonds. The molecule has 1 atom stereocenters. The van der Waals surface area contributed by atoms with Crippen LogP contribution in [0.2, 0.25) is 0 Å². The zero-order chi connectivity index (χ0) is 23.5. The summed E-state index contributed by atoms with van der Waals surface area (Å²) in [6.45, 7) is 1.47. The number of benzene rings is 3. The summed E-state index contributed by atoms with van der Waals surface area (Å²) in [5, 5.41) is 2.48. The van der Waals surface area contributed by atoms with Gasteiger partial charge < -0.3 is 10.1 Å². The fourth-order valence-corrected chi connectivity index (χ4v) is 3.40. The molecule has 7 nitrogen and oxygen atoms in total. The van der Waals surface area contributed by atoms with E-state index in [0.717, 1.165) is 11.0 Å². The molecule has 1 aliphatic rings. The number of nitrogens with zero attached hydrogens (tertiary/aromatic N) is 1. The molecule has 0 spiro atoms. The molecule has 33 heavy (non-hydrogen) atoms. The molecular weight excluding hydrogens is 427 g/mol. The third kappa shape index (κ3) is 4.64. The first-order valence-electron chi connectivity index (χ1n) is 10.1. The van der Waals surface area contributed by atoms with Crippen LogP contribution in [0.3, 0.4) is 0 Å². The van der Waals surface area contributed by atoms with Gasteiger partial charge in [0.15, 0.2) is 6.10 Å². The van der Waals surface area contributed by atoms with E-state index in [4.69, 9.17) is 4.74 Å². The van der Waals surface area contributed by atoms with Crippen LogP contribution in [0, 0.1) is 5.82 Å². The topological polar surface area (TPSA) is 92.8 Å². The van der Waals surface area contributed by atoms with Crippen LogP contribution < -0.4 is 5.32 Å². The normalized spacial score (nSPS) is 13.5. The van der Waals surface area contributed by atoms with E-state index < -0.39 is 23.8 Å². The monoisotopic (exact) mass is 446 g/mol. The second-order valence-corrected chi connectivity index (χ2v) is 7.49. The van der Waals surface area contributed by atoms with Crippen molar-refractivity contribution in [3.63, 3.8) is 0 Å². The summed E-state index contributed by atoms with van der Waals surface area (Å²) >= 11 is 0. The van der Waals surface area contributed by atoms with Gasteiger partial charge in [-0.2, -0.15) is 0 Å². The van der Waals surface area contributed by atoms with Gasteiger partial charge in [-0.05, 0) is 55.0 Å². The predicted octanol–water partition coefficient (Wildman–Crippen LogP) is 3.81. The molecule has 166 valence electrons. The van der Waals surface area contributed by atoms with Crippen molar-refractivity contribution in [2.75, 3.05) is 5.32 Å². The number of hydrogen-bond acceptors (Lipinski definition) is 5. The molecule has 1 N–H and O–H groups in total. The number of fused-ring (bicyclic) bond motifs is 1. The van der Waals surface area contributed by atoms with Crippen molar-refractivity contribution < 1.29 is 28.3 Å². The molecule has 0 saturated carbocycles. The van der Waals surface area contributed by atoms with E-state index in [1.54, 1.807) is 36.4 Å². The molecule has 0 fully saturated rings. The van der Waals surface area contributed by atoms with Crippen LogP contribution in [0.1, 0.15) is 43.6 Å². The number of halogens is 1. The van der Waals surface area contributed by atoms with Gasteiger partial charge in [0, 0.05) is 5.69 Å². The number of anilines is 1. The zero-order valence-corrected chi connectivity index (χ0v) is 17.6. The Morgan fingerprint density at radius 1 is 0.939 bits per heavy atom. The number of hydrogen-bond donors (Lipinski definition) is 1. The van der Waals surface area contributed by atoms with Gasteiger partial charge in [-0.25, -0.2) is 9.18 Å². The van der Waals surface area contributed by atoms with Crippen molar-refractivity contribution in [1.29, 1.82) is 0 Å². The van der Waals surface area contributed by atoms with Crippen LogP contribution in [0.4, 0.5) is 10.1 Å². The summed E-state index contributed by atoms with van der Waals surface area (Å²) in [6.07, 6.45) is -1.11. The molecule has 8 heteroatoms. The Kier molecular flexibility index (Phi) is 5.99. The summed E-state index contributed by atoms with van der Waals surface area (Å²) in [6, 6.07) is 18.2. The van der Waals surface area contributed by atoms with Gasteiger partial charge in [0.25, 0.3) is 17.7 Å². The maximum absolute atomic E-state index is 13.2. The van der Waals surface area contributed by atoms with Gasteiger partial charge in [0.1, 0.15) is 5.82 Å². The summed E-state index contributed by atoms with van der Waals surface area (Å²) in [4.78, 5) is 50.7. The minimum Gasteiger partial charge on any atom is -0.449 e. The van der Waals surface area contributed by atoms with Crippen LogP contribution in [0.15, 0.2) is 72.8 Å². The van der Waals surface area contributed by atoms with Gasteiger partial charge in [-0.3, -0.25) is 19.3 Å². The van der Waals surface area contributed by atoms with Crippen molar-refractivity contribution in [2.45, 2.75) is 19.6 Å². The molecule has 1 unspecified atom stereocenters. The molecule has 3 aromatic rings. The van der Waals surface area contributed by atoms with Crippen LogP contribution >= 0.6 is 0 Å². The van der Waals surface area contributed by atoms with Crippen molar-refractivity contribution in [3.05, 3.63) is 101 Å². The molecule has 0 radical (unpaired) electrons. The van der Waals surface area contributed by atoms with E-state index in [0.29, 0.717) is 16.7 Å². The second-order valence-electron chi connectivity index (χ2n) is 7.49. The Balaban J connectivity index is 1.36. The van der Waals surface area contributed by atoms with Gasteiger partial charge >= 0.3 is 5.97 Å². The number of esters is 1. The van der Waals surface area contributed by atoms with Gasteiger partial charge in [0.2, 0.25) is 0 Å². The Morgan fingerprint density at radius 3 is 2.18 bits per heavy atom. The number of carbonyl (C=O) groups excluding carboxylic acids is 4. The lowest BCUT2D eigenvalue weighted by Gasteiger charge is -2.15. The highest BCUT2D eigenvalue weighted by Crippen LogP contribution is 2.24. The molecular formula is C25H19FN2O5. The molecule has 3 aromatic carbocycles. The Bertz CT molecular complexity index is 1220. The lowest BCUT2D eigenvalue weighted by molar-refractivity contribution is -0.123. The highest BCUT2D eigenvalue weighted by atomic mass is 19.1. The highest BCUT2D eigenvalue weighted by Gasteiger charge is 2.34. The van der Waals surface area contributed by atoms with Crippen LogP contribution in [0.25, 0.3) is 0 Å². The number of ether oxygens (including phenoxy) is 1.